The molecule has 9 heteroatoms. The van der Waals surface area contributed by atoms with E-state index in [0.717, 1.165) is 69.8 Å². The Balaban J connectivity index is 0.00000341. The van der Waals surface area contributed by atoms with Crippen molar-refractivity contribution in [3.8, 4) is 0 Å². The molecule has 0 saturated carbocycles. The lowest BCUT2D eigenvalue weighted by molar-refractivity contribution is -0.384. The molecule has 7 nitrogen and oxygen atoms in total. The van der Waals surface area contributed by atoms with Gasteiger partial charge in [0.25, 0.3) is 5.69 Å². The van der Waals surface area contributed by atoms with Crippen LogP contribution in [0.25, 0.3) is 0 Å². The van der Waals surface area contributed by atoms with E-state index in [2.05, 4.69) is 40.0 Å². The molecule has 0 atom stereocenters. The third-order valence-corrected chi connectivity index (χ3v) is 6.22. The first-order valence-corrected chi connectivity index (χ1v) is 11.6. The van der Waals surface area contributed by atoms with E-state index in [1.165, 1.54) is 5.00 Å². The van der Waals surface area contributed by atoms with E-state index < -0.39 is 0 Å². The summed E-state index contributed by atoms with van der Waals surface area (Å²) in [4.78, 5) is 17.6. The Morgan fingerprint density at radius 2 is 1.97 bits per heavy atom. The number of benzene rings is 1. The highest BCUT2D eigenvalue weighted by atomic mass is 127. The second-order valence-electron chi connectivity index (χ2n) is 7.50. The van der Waals surface area contributed by atoms with Crippen LogP contribution in [0.1, 0.15) is 38.2 Å². The van der Waals surface area contributed by atoms with Gasteiger partial charge in [-0.3, -0.25) is 15.1 Å². The second kappa shape index (κ2) is 13.5. The van der Waals surface area contributed by atoms with Crippen molar-refractivity contribution >= 4 is 52.0 Å². The number of nitro groups is 1. The number of guanidine groups is 1. The number of non-ortho nitro benzene ring substituents is 1. The maximum Gasteiger partial charge on any atom is 0.269 e. The first-order chi connectivity index (χ1) is 14.7. The van der Waals surface area contributed by atoms with Gasteiger partial charge in [-0.15, -0.1) is 35.3 Å². The number of nitrogens with one attached hydrogen (secondary N) is 2. The molecule has 0 bridgehead atoms. The summed E-state index contributed by atoms with van der Waals surface area (Å²) in [7, 11) is 0. The zero-order valence-electron chi connectivity index (χ0n) is 18.0. The molecule has 1 aliphatic rings. The fourth-order valence-corrected chi connectivity index (χ4v) is 4.41. The lowest BCUT2D eigenvalue weighted by atomic mass is 10.1. The molecule has 0 radical (unpaired) electrons. The summed E-state index contributed by atoms with van der Waals surface area (Å²) in [5, 5.41) is 21.2. The average molecular weight is 558 g/mol. The summed E-state index contributed by atoms with van der Waals surface area (Å²) in [5.74, 6) is 0.905. The zero-order chi connectivity index (χ0) is 21.2. The number of rotatable bonds is 9. The number of anilines is 1. The molecule has 31 heavy (non-hydrogen) atoms. The zero-order valence-corrected chi connectivity index (χ0v) is 21.1. The number of hydrogen-bond donors (Lipinski definition) is 2. The van der Waals surface area contributed by atoms with Crippen LogP contribution in [0.15, 0.2) is 46.8 Å². The number of hydrogen-bond acceptors (Lipinski definition) is 5. The van der Waals surface area contributed by atoms with E-state index in [1.54, 1.807) is 12.1 Å². The molecule has 0 amide bonds. The fraction of sp³-hybridized carbons (Fsp3) is 0.500. The Morgan fingerprint density at radius 1 is 1.23 bits per heavy atom. The molecule has 0 spiro atoms. The van der Waals surface area contributed by atoms with Crippen LogP contribution in [0.4, 0.5) is 10.7 Å². The predicted octanol–water partition coefficient (Wildman–Crippen LogP) is 4.82. The van der Waals surface area contributed by atoms with Crippen LogP contribution in [0.2, 0.25) is 0 Å². The van der Waals surface area contributed by atoms with Crippen molar-refractivity contribution in [3.63, 3.8) is 0 Å². The summed E-state index contributed by atoms with van der Waals surface area (Å²) < 4.78 is 0. The number of piperidine rings is 1. The highest BCUT2D eigenvalue weighted by molar-refractivity contribution is 14.0. The molecule has 1 fully saturated rings. The monoisotopic (exact) mass is 557 g/mol. The second-order valence-corrected chi connectivity index (χ2v) is 8.42. The van der Waals surface area contributed by atoms with Gasteiger partial charge in [0.05, 0.1) is 9.92 Å². The Bertz CT molecular complexity index is 806. The third-order valence-electron chi connectivity index (χ3n) is 5.29. The standard InChI is InChI=1S/C22H31N5O2S.HI/c1-2-23-22(25-19-12-15-26(16-13-19)21-7-5-17-30-21)24-14-4-3-6-18-8-10-20(11-9-18)27(28)29;/h5,7-11,17,19H,2-4,6,12-16H2,1H3,(H2,23,24,25);1H. The molecule has 2 heterocycles. The van der Waals surface area contributed by atoms with Crippen molar-refractivity contribution in [2.75, 3.05) is 31.1 Å². The third kappa shape index (κ3) is 8.29. The SMILES string of the molecule is CCNC(=NCCCCc1ccc([N+](=O)[O-])cc1)NC1CCN(c2cccs2)CC1.I. The molecule has 1 aromatic carbocycles. The van der Waals surface area contributed by atoms with Gasteiger partial charge < -0.3 is 15.5 Å². The van der Waals surface area contributed by atoms with E-state index in [-0.39, 0.29) is 34.6 Å². The summed E-state index contributed by atoms with van der Waals surface area (Å²) in [6, 6.07) is 11.6. The van der Waals surface area contributed by atoms with E-state index in [9.17, 15) is 10.1 Å². The molecule has 0 unspecified atom stereocenters. The highest BCUT2D eigenvalue weighted by Crippen LogP contribution is 2.24. The molecule has 2 N–H and O–H groups in total. The van der Waals surface area contributed by atoms with Gasteiger partial charge in [-0.2, -0.15) is 0 Å². The first kappa shape index (κ1) is 25.4. The maximum atomic E-state index is 10.7. The van der Waals surface area contributed by atoms with Crippen LogP contribution in [0, 0.1) is 10.1 Å². The fourth-order valence-electron chi connectivity index (χ4n) is 3.62. The van der Waals surface area contributed by atoms with Crippen LogP contribution < -0.4 is 15.5 Å². The average Bonchev–Trinajstić information content (AvgIpc) is 3.29. The lowest BCUT2D eigenvalue weighted by Gasteiger charge is -2.33. The maximum absolute atomic E-state index is 10.7. The minimum Gasteiger partial charge on any atom is -0.363 e. The van der Waals surface area contributed by atoms with Crippen LogP contribution >= 0.6 is 35.3 Å². The van der Waals surface area contributed by atoms with Crippen LogP contribution in [0.5, 0.6) is 0 Å². The van der Waals surface area contributed by atoms with E-state index in [4.69, 9.17) is 4.99 Å². The van der Waals surface area contributed by atoms with E-state index in [0.29, 0.717) is 6.04 Å². The molecule has 170 valence electrons. The van der Waals surface area contributed by atoms with Gasteiger partial charge in [-0.25, -0.2) is 0 Å². The van der Waals surface area contributed by atoms with Crippen LogP contribution in [-0.2, 0) is 6.42 Å². The molecule has 1 saturated heterocycles. The van der Waals surface area contributed by atoms with Crippen LogP contribution in [-0.4, -0.2) is 43.1 Å². The predicted molar refractivity (Wildman–Crippen MR) is 140 cm³/mol. The summed E-state index contributed by atoms with van der Waals surface area (Å²) in [6.45, 7) is 5.86. The van der Waals surface area contributed by atoms with Gasteiger partial charge in [0.1, 0.15) is 0 Å². The number of aryl methyl sites for hydroxylation is 1. The van der Waals surface area contributed by atoms with Crippen molar-refractivity contribution in [2.24, 2.45) is 4.99 Å². The number of nitrogens with zero attached hydrogens (tertiary/aromatic N) is 3. The van der Waals surface area contributed by atoms with E-state index in [1.807, 2.05) is 23.5 Å². The van der Waals surface area contributed by atoms with Gasteiger partial charge in [0, 0.05) is 44.4 Å². The molecule has 1 aromatic heterocycles. The van der Waals surface area contributed by atoms with Gasteiger partial charge in [-0.1, -0.05) is 12.1 Å². The van der Waals surface area contributed by atoms with Crippen LogP contribution in [0.3, 0.4) is 0 Å². The minimum atomic E-state index is -0.361. The number of halogens is 1. The largest absolute Gasteiger partial charge is 0.363 e. The van der Waals surface area contributed by atoms with Gasteiger partial charge >= 0.3 is 0 Å². The van der Waals surface area contributed by atoms with E-state index >= 15 is 0 Å². The first-order valence-electron chi connectivity index (χ1n) is 10.7. The van der Waals surface area contributed by atoms with Gasteiger partial charge in [-0.05, 0) is 62.1 Å². The molecular formula is C22H32IN5O2S. The normalized spacial score (nSPS) is 14.7. The Morgan fingerprint density at radius 3 is 2.58 bits per heavy atom. The topological polar surface area (TPSA) is 82.8 Å². The molecule has 1 aliphatic heterocycles. The van der Waals surface area contributed by atoms with Gasteiger partial charge in [0.15, 0.2) is 5.96 Å². The molecule has 3 rings (SSSR count). The van der Waals surface area contributed by atoms with Crippen molar-refractivity contribution in [1.82, 2.24) is 10.6 Å². The van der Waals surface area contributed by atoms with Crippen molar-refractivity contribution in [3.05, 3.63) is 57.5 Å². The van der Waals surface area contributed by atoms with Crippen molar-refractivity contribution in [1.29, 1.82) is 0 Å². The quantitative estimate of drug-likeness (QED) is 0.115. The Kier molecular flexibility index (Phi) is 11.1. The lowest BCUT2D eigenvalue weighted by Crippen LogP contribution is -2.48. The summed E-state index contributed by atoms with van der Waals surface area (Å²) >= 11 is 1.81. The van der Waals surface area contributed by atoms with Crippen molar-refractivity contribution < 1.29 is 4.92 Å². The molecule has 0 aliphatic carbocycles. The molecule has 2 aromatic rings. The number of thiophene rings is 1. The minimum absolute atomic E-state index is 0. The Labute approximate surface area is 205 Å². The number of nitro benzene ring substituents is 1. The number of unbranched alkanes of at least 4 members (excludes halogenated alkanes) is 1. The van der Waals surface area contributed by atoms with Gasteiger partial charge in [0.2, 0.25) is 0 Å². The highest BCUT2D eigenvalue weighted by Gasteiger charge is 2.20. The smallest absolute Gasteiger partial charge is 0.269 e. The Hall–Kier alpha value is -1.88. The molecular weight excluding hydrogens is 525 g/mol. The van der Waals surface area contributed by atoms with Crippen molar-refractivity contribution in [2.45, 2.75) is 45.1 Å². The summed E-state index contributed by atoms with van der Waals surface area (Å²) in [5.41, 5.74) is 1.28. The number of aliphatic imine (C=N–C) groups is 1. The summed E-state index contributed by atoms with van der Waals surface area (Å²) in [6.07, 6.45) is 5.15.